The number of anilines is 3. The molecule has 0 amide bonds. The Balaban J connectivity index is 1.05. The molecule has 0 fully saturated rings. The van der Waals surface area contributed by atoms with Crippen LogP contribution in [0.25, 0.3) is 88.3 Å². The van der Waals surface area contributed by atoms with Gasteiger partial charge in [0.2, 0.25) is 0 Å². The molecule has 282 valence electrons. The lowest BCUT2D eigenvalue weighted by atomic mass is 9.92. The van der Waals surface area contributed by atoms with Crippen molar-refractivity contribution in [1.82, 2.24) is 0 Å². The van der Waals surface area contributed by atoms with Gasteiger partial charge < -0.3 is 9.32 Å². The Hall–Kier alpha value is -7.94. The van der Waals surface area contributed by atoms with E-state index in [1.807, 2.05) is 0 Å². The van der Waals surface area contributed by atoms with Crippen LogP contribution >= 0.6 is 0 Å². The number of hydrogen-bond donors (Lipinski definition) is 0. The van der Waals surface area contributed by atoms with Gasteiger partial charge in [0.1, 0.15) is 11.2 Å². The molecule has 0 unspecified atom stereocenters. The summed E-state index contributed by atoms with van der Waals surface area (Å²) in [5, 5.41) is 4.40. The van der Waals surface area contributed by atoms with Gasteiger partial charge in [-0.3, -0.25) is 0 Å². The van der Waals surface area contributed by atoms with E-state index in [2.05, 4.69) is 241 Å². The highest BCUT2D eigenvalue weighted by Gasteiger charge is 2.22. The van der Waals surface area contributed by atoms with Crippen LogP contribution in [-0.2, 0) is 0 Å². The lowest BCUT2D eigenvalue weighted by molar-refractivity contribution is 0.673. The molecule has 11 aromatic rings. The van der Waals surface area contributed by atoms with Gasteiger partial charge in [0, 0.05) is 32.9 Å². The molecule has 11 rings (SSSR count). The van der Waals surface area contributed by atoms with Gasteiger partial charge in [-0.15, -0.1) is 0 Å². The minimum absolute atomic E-state index is 0.871. The van der Waals surface area contributed by atoms with E-state index in [-0.39, 0.29) is 0 Å². The van der Waals surface area contributed by atoms with Gasteiger partial charge >= 0.3 is 0 Å². The quantitative estimate of drug-likeness (QED) is 0.153. The first kappa shape index (κ1) is 35.2. The molecule has 0 aliphatic rings. The van der Waals surface area contributed by atoms with Crippen LogP contribution in [-0.4, -0.2) is 0 Å². The fourth-order valence-corrected chi connectivity index (χ4v) is 8.72. The lowest BCUT2D eigenvalue weighted by Gasteiger charge is -2.27. The molecular weight excluding hydrogens is 727 g/mol. The molecule has 0 atom stereocenters. The van der Waals surface area contributed by atoms with Crippen LogP contribution in [0.1, 0.15) is 0 Å². The first-order chi connectivity index (χ1) is 29.7. The maximum absolute atomic E-state index is 6.82. The SMILES string of the molecule is c1ccc(-c2ccc(N(c3ccccc3)c3cc4c(oc5cccc(-c6ccc(-c7cc(-c8ccccc8)cc(-c8ccccc8)c7)cc6)c54)c4ccccc34)cc2)cc1. The number of nitrogens with zero attached hydrogens (tertiary/aromatic N) is 1. The van der Waals surface area contributed by atoms with E-state index < -0.39 is 0 Å². The molecule has 1 heterocycles. The van der Waals surface area contributed by atoms with Crippen LogP contribution < -0.4 is 4.90 Å². The third-order valence-corrected chi connectivity index (χ3v) is 11.6. The summed E-state index contributed by atoms with van der Waals surface area (Å²) in [4.78, 5) is 2.38. The molecule has 0 N–H and O–H groups in total. The molecule has 0 saturated heterocycles. The molecule has 0 bridgehead atoms. The Labute approximate surface area is 349 Å². The van der Waals surface area contributed by atoms with Crippen LogP contribution in [0.5, 0.6) is 0 Å². The molecule has 0 saturated carbocycles. The molecule has 0 spiro atoms. The zero-order valence-corrected chi connectivity index (χ0v) is 32.9. The van der Waals surface area contributed by atoms with Gasteiger partial charge in [-0.1, -0.05) is 182 Å². The van der Waals surface area contributed by atoms with Crippen LogP contribution in [0.3, 0.4) is 0 Å². The third kappa shape index (κ3) is 6.41. The van der Waals surface area contributed by atoms with Gasteiger partial charge in [0.25, 0.3) is 0 Å². The number of rotatable bonds is 8. The van der Waals surface area contributed by atoms with Crippen molar-refractivity contribution in [2.45, 2.75) is 0 Å². The van der Waals surface area contributed by atoms with E-state index in [1.165, 1.54) is 44.5 Å². The van der Waals surface area contributed by atoms with Gasteiger partial charge in [-0.2, -0.15) is 0 Å². The average molecular weight is 766 g/mol. The smallest absolute Gasteiger partial charge is 0.143 e. The summed E-state index contributed by atoms with van der Waals surface area (Å²) >= 11 is 0. The van der Waals surface area contributed by atoms with Crippen molar-refractivity contribution in [2.75, 3.05) is 4.90 Å². The van der Waals surface area contributed by atoms with Crippen molar-refractivity contribution in [3.63, 3.8) is 0 Å². The Bertz CT molecular complexity index is 3200. The third-order valence-electron chi connectivity index (χ3n) is 11.6. The number of fused-ring (bicyclic) bond motifs is 5. The standard InChI is InChI=1S/C58H39NO/c1-5-16-40(17-6-1)43-32-34-50(35-33-43)59(49-22-11-4-12-23-49)55-39-54-57-51(26-15-27-56(57)60-58(54)53-25-14-13-24-52(53)55)45-30-28-44(29-31-45)48-37-46(41-18-7-2-8-19-41)36-47(38-48)42-20-9-3-10-21-42/h1-39H. The second-order valence-corrected chi connectivity index (χ2v) is 15.3. The van der Waals surface area contributed by atoms with Crippen molar-refractivity contribution in [3.05, 3.63) is 237 Å². The van der Waals surface area contributed by atoms with Crippen molar-refractivity contribution in [2.24, 2.45) is 0 Å². The average Bonchev–Trinajstić information content (AvgIpc) is 3.72. The second-order valence-electron chi connectivity index (χ2n) is 15.3. The minimum atomic E-state index is 0.871. The minimum Gasteiger partial charge on any atom is -0.455 e. The van der Waals surface area contributed by atoms with Gasteiger partial charge in [-0.25, -0.2) is 0 Å². The second kappa shape index (κ2) is 15.1. The highest BCUT2D eigenvalue weighted by molar-refractivity contribution is 6.22. The molecule has 1 aromatic heterocycles. The predicted molar refractivity (Wildman–Crippen MR) is 253 cm³/mol. The van der Waals surface area contributed by atoms with Crippen LogP contribution in [0.2, 0.25) is 0 Å². The molecule has 2 heteroatoms. The fourth-order valence-electron chi connectivity index (χ4n) is 8.72. The van der Waals surface area contributed by atoms with Crippen LogP contribution in [0.4, 0.5) is 17.1 Å². The summed E-state index contributed by atoms with van der Waals surface area (Å²) in [6.07, 6.45) is 0. The van der Waals surface area contributed by atoms with Crippen molar-refractivity contribution in [3.8, 4) is 55.6 Å². The number of furan rings is 1. The summed E-state index contributed by atoms with van der Waals surface area (Å²) < 4.78 is 6.82. The molecule has 2 nitrogen and oxygen atoms in total. The zero-order valence-electron chi connectivity index (χ0n) is 32.9. The summed E-state index contributed by atoms with van der Waals surface area (Å²) in [5.74, 6) is 0. The Morgan fingerprint density at radius 3 is 1.30 bits per heavy atom. The van der Waals surface area contributed by atoms with E-state index in [9.17, 15) is 0 Å². The van der Waals surface area contributed by atoms with Crippen LogP contribution in [0, 0.1) is 0 Å². The monoisotopic (exact) mass is 765 g/mol. The summed E-state index contributed by atoms with van der Waals surface area (Å²) in [7, 11) is 0. The Morgan fingerprint density at radius 1 is 0.283 bits per heavy atom. The van der Waals surface area contributed by atoms with Crippen molar-refractivity contribution < 1.29 is 4.42 Å². The predicted octanol–water partition coefficient (Wildman–Crippen LogP) is 16.5. The molecule has 60 heavy (non-hydrogen) atoms. The summed E-state index contributed by atoms with van der Waals surface area (Å²) in [6, 6.07) is 84.7. The van der Waals surface area contributed by atoms with Crippen molar-refractivity contribution >= 4 is 49.8 Å². The highest BCUT2D eigenvalue weighted by atomic mass is 16.3. The molecular formula is C58H39NO. The van der Waals surface area contributed by atoms with E-state index in [4.69, 9.17) is 4.42 Å². The van der Waals surface area contributed by atoms with E-state index in [1.54, 1.807) is 0 Å². The molecule has 0 aliphatic heterocycles. The maximum Gasteiger partial charge on any atom is 0.143 e. The van der Waals surface area contributed by atoms with Crippen LogP contribution in [0.15, 0.2) is 241 Å². The normalized spacial score (nSPS) is 11.3. The Morgan fingerprint density at radius 2 is 0.717 bits per heavy atom. The zero-order chi connectivity index (χ0) is 39.8. The molecule has 0 aliphatic carbocycles. The van der Waals surface area contributed by atoms with Gasteiger partial charge in [-0.05, 0) is 110 Å². The topological polar surface area (TPSA) is 16.4 Å². The first-order valence-corrected chi connectivity index (χ1v) is 20.5. The fraction of sp³-hybridized carbons (Fsp3) is 0. The summed E-state index contributed by atoms with van der Waals surface area (Å²) in [6.45, 7) is 0. The molecule has 0 radical (unpaired) electrons. The number of para-hydroxylation sites is 1. The van der Waals surface area contributed by atoms with Gasteiger partial charge in [0.05, 0.1) is 5.69 Å². The van der Waals surface area contributed by atoms with E-state index in [0.717, 1.165) is 60.9 Å². The van der Waals surface area contributed by atoms with E-state index in [0.29, 0.717) is 0 Å². The number of hydrogen-bond acceptors (Lipinski definition) is 2. The summed E-state index contributed by atoms with van der Waals surface area (Å²) in [5.41, 5.74) is 16.9. The largest absolute Gasteiger partial charge is 0.455 e. The van der Waals surface area contributed by atoms with Gasteiger partial charge in [0.15, 0.2) is 0 Å². The van der Waals surface area contributed by atoms with E-state index >= 15 is 0 Å². The van der Waals surface area contributed by atoms with Crippen molar-refractivity contribution in [1.29, 1.82) is 0 Å². The highest BCUT2D eigenvalue weighted by Crippen LogP contribution is 2.47. The number of benzene rings is 10. The molecule has 10 aromatic carbocycles. The lowest BCUT2D eigenvalue weighted by Crippen LogP contribution is -2.10. The Kier molecular flexibility index (Phi) is 8.87. The maximum atomic E-state index is 6.82. The first-order valence-electron chi connectivity index (χ1n) is 20.5.